The maximum Gasteiger partial charge on any atom is 0.240 e. The normalized spacial score (nSPS) is 15.5. The minimum absolute atomic E-state index is 0.0175. The molecule has 0 saturated carbocycles. The van der Waals surface area contributed by atoms with Crippen molar-refractivity contribution in [3.63, 3.8) is 0 Å². The summed E-state index contributed by atoms with van der Waals surface area (Å²) in [6.07, 6.45) is 0.923. The van der Waals surface area contributed by atoms with Gasteiger partial charge in [-0.3, -0.25) is 4.79 Å². The van der Waals surface area contributed by atoms with Gasteiger partial charge in [0.2, 0.25) is 5.91 Å². The van der Waals surface area contributed by atoms with E-state index in [0.717, 1.165) is 6.42 Å². The Hall–Kier alpha value is -0.610. The Morgan fingerprint density at radius 2 is 1.94 bits per heavy atom. The molecule has 0 rings (SSSR count). The van der Waals surface area contributed by atoms with Crippen LogP contribution in [0.15, 0.2) is 0 Å². The van der Waals surface area contributed by atoms with Crippen molar-refractivity contribution in [2.24, 2.45) is 11.1 Å². The molecule has 0 bridgehead atoms. The van der Waals surface area contributed by atoms with E-state index >= 15 is 0 Å². The Labute approximate surface area is 105 Å². The molecule has 4 nitrogen and oxygen atoms in total. The summed E-state index contributed by atoms with van der Waals surface area (Å²) in [4.78, 5) is 14.2. The maximum atomic E-state index is 12.3. The zero-order valence-electron chi connectivity index (χ0n) is 12.1. The lowest BCUT2D eigenvalue weighted by Gasteiger charge is -2.35. The number of amides is 1. The van der Waals surface area contributed by atoms with E-state index < -0.39 is 6.04 Å². The van der Waals surface area contributed by atoms with Gasteiger partial charge in [-0.05, 0) is 18.8 Å². The lowest BCUT2D eigenvalue weighted by atomic mass is 9.86. The molecule has 0 aliphatic rings. The van der Waals surface area contributed by atoms with E-state index in [9.17, 15) is 4.79 Å². The first kappa shape index (κ1) is 16.4. The highest BCUT2D eigenvalue weighted by molar-refractivity contribution is 5.82. The summed E-state index contributed by atoms with van der Waals surface area (Å²) in [7, 11) is 1.64. The first-order valence-electron chi connectivity index (χ1n) is 6.30. The van der Waals surface area contributed by atoms with Gasteiger partial charge in [0.1, 0.15) is 0 Å². The molecule has 2 N–H and O–H groups in total. The van der Waals surface area contributed by atoms with Gasteiger partial charge in [0.25, 0.3) is 0 Å². The highest BCUT2D eigenvalue weighted by atomic mass is 16.5. The van der Waals surface area contributed by atoms with Gasteiger partial charge < -0.3 is 15.4 Å². The molecular formula is C13H28N2O2. The van der Waals surface area contributed by atoms with Crippen molar-refractivity contribution in [2.45, 2.75) is 53.1 Å². The number of ether oxygens (including phenoxy) is 1. The third kappa shape index (κ3) is 5.04. The number of hydrogen-bond donors (Lipinski definition) is 1. The number of nitrogens with zero attached hydrogens (tertiary/aromatic N) is 1. The molecule has 0 fully saturated rings. The second kappa shape index (κ2) is 6.97. The Morgan fingerprint density at radius 1 is 1.41 bits per heavy atom. The monoisotopic (exact) mass is 244 g/mol. The van der Waals surface area contributed by atoms with Crippen LogP contribution in [-0.2, 0) is 9.53 Å². The molecule has 2 atom stereocenters. The van der Waals surface area contributed by atoms with E-state index in [1.165, 1.54) is 0 Å². The lowest BCUT2D eigenvalue weighted by Crippen LogP contribution is -2.53. The molecule has 17 heavy (non-hydrogen) atoms. The summed E-state index contributed by atoms with van der Waals surface area (Å²) >= 11 is 0. The van der Waals surface area contributed by atoms with Crippen LogP contribution < -0.4 is 5.73 Å². The third-order valence-electron chi connectivity index (χ3n) is 3.14. The number of rotatable bonds is 6. The summed E-state index contributed by atoms with van der Waals surface area (Å²) in [5, 5.41) is 0. The molecule has 0 radical (unpaired) electrons. The molecule has 1 unspecified atom stereocenters. The highest BCUT2D eigenvalue weighted by Gasteiger charge is 2.32. The Balaban J connectivity index is 4.74. The molecule has 0 aromatic rings. The molecule has 4 heteroatoms. The summed E-state index contributed by atoms with van der Waals surface area (Å²) < 4.78 is 5.05. The molecule has 102 valence electrons. The smallest absolute Gasteiger partial charge is 0.240 e. The molecule has 1 amide bonds. The van der Waals surface area contributed by atoms with Crippen LogP contribution in [0.2, 0.25) is 0 Å². The Morgan fingerprint density at radius 3 is 2.29 bits per heavy atom. The number of nitrogens with two attached hydrogens (primary N) is 1. The second-order valence-corrected chi connectivity index (χ2v) is 5.63. The zero-order valence-corrected chi connectivity index (χ0v) is 12.1. The van der Waals surface area contributed by atoms with Crippen LogP contribution in [0.4, 0.5) is 0 Å². The molecule has 0 heterocycles. The molecule has 0 saturated heterocycles. The van der Waals surface area contributed by atoms with Crippen molar-refractivity contribution in [1.29, 1.82) is 0 Å². The quantitative estimate of drug-likeness (QED) is 0.772. The van der Waals surface area contributed by atoms with E-state index in [1.54, 1.807) is 7.11 Å². The van der Waals surface area contributed by atoms with Crippen molar-refractivity contribution in [2.75, 3.05) is 20.3 Å². The SMILES string of the molecule is CCC(C)N(CCOC)C(=O)[C@H](N)C(C)(C)C. The van der Waals surface area contributed by atoms with Crippen molar-refractivity contribution in [3.05, 3.63) is 0 Å². The van der Waals surface area contributed by atoms with Crippen LogP contribution in [0.5, 0.6) is 0 Å². The van der Waals surface area contributed by atoms with Crippen LogP contribution in [0, 0.1) is 5.41 Å². The standard InChI is InChI=1S/C13H28N2O2/c1-7-10(2)15(8-9-17-6)12(16)11(14)13(3,4)5/h10-11H,7-9,14H2,1-6H3/t10?,11-/m0/s1. The van der Waals surface area contributed by atoms with E-state index in [1.807, 2.05) is 32.6 Å². The maximum absolute atomic E-state index is 12.3. The van der Waals surface area contributed by atoms with Gasteiger partial charge in [-0.2, -0.15) is 0 Å². The summed E-state index contributed by atoms with van der Waals surface area (Å²) in [6.45, 7) is 11.2. The Kier molecular flexibility index (Phi) is 6.72. The topological polar surface area (TPSA) is 55.6 Å². The minimum Gasteiger partial charge on any atom is -0.383 e. The van der Waals surface area contributed by atoms with E-state index in [4.69, 9.17) is 10.5 Å². The predicted octanol–water partition coefficient (Wildman–Crippen LogP) is 1.63. The van der Waals surface area contributed by atoms with Crippen molar-refractivity contribution < 1.29 is 9.53 Å². The average Bonchev–Trinajstić information content (AvgIpc) is 2.26. The number of methoxy groups -OCH3 is 1. The van der Waals surface area contributed by atoms with Gasteiger partial charge >= 0.3 is 0 Å². The molecule has 0 aromatic carbocycles. The fourth-order valence-corrected chi connectivity index (χ4v) is 1.51. The average molecular weight is 244 g/mol. The zero-order chi connectivity index (χ0) is 13.6. The largest absolute Gasteiger partial charge is 0.383 e. The van der Waals surface area contributed by atoms with Gasteiger partial charge in [0.05, 0.1) is 12.6 Å². The van der Waals surface area contributed by atoms with Gasteiger partial charge in [-0.15, -0.1) is 0 Å². The molecule has 0 aliphatic carbocycles. The van der Waals surface area contributed by atoms with E-state index in [2.05, 4.69) is 6.92 Å². The fourth-order valence-electron chi connectivity index (χ4n) is 1.51. The minimum atomic E-state index is -0.464. The van der Waals surface area contributed by atoms with Gasteiger partial charge in [0, 0.05) is 19.7 Å². The molecular weight excluding hydrogens is 216 g/mol. The first-order chi connectivity index (χ1) is 7.75. The summed E-state index contributed by atoms with van der Waals surface area (Å²) in [5.74, 6) is 0.0175. The van der Waals surface area contributed by atoms with Crippen LogP contribution in [-0.4, -0.2) is 43.2 Å². The van der Waals surface area contributed by atoms with Crippen LogP contribution in [0.3, 0.4) is 0 Å². The molecule has 0 aliphatic heterocycles. The predicted molar refractivity (Wildman–Crippen MR) is 70.8 cm³/mol. The Bertz CT molecular complexity index is 236. The number of hydrogen-bond acceptors (Lipinski definition) is 3. The van der Waals surface area contributed by atoms with Gasteiger partial charge in [0.15, 0.2) is 0 Å². The lowest BCUT2D eigenvalue weighted by molar-refractivity contribution is -0.137. The summed E-state index contributed by atoms with van der Waals surface area (Å²) in [5.41, 5.74) is 5.81. The number of carbonyl (C=O) groups excluding carboxylic acids is 1. The second-order valence-electron chi connectivity index (χ2n) is 5.63. The number of carbonyl (C=O) groups is 1. The van der Waals surface area contributed by atoms with Crippen LogP contribution >= 0.6 is 0 Å². The van der Waals surface area contributed by atoms with Crippen molar-refractivity contribution in [3.8, 4) is 0 Å². The highest BCUT2D eigenvalue weighted by Crippen LogP contribution is 2.20. The van der Waals surface area contributed by atoms with Gasteiger partial charge in [-0.25, -0.2) is 0 Å². The summed E-state index contributed by atoms with van der Waals surface area (Å²) in [6, 6.07) is -0.264. The van der Waals surface area contributed by atoms with E-state index in [-0.39, 0.29) is 17.4 Å². The fraction of sp³-hybridized carbons (Fsp3) is 0.923. The molecule has 0 aromatic heterocycles. The van der Waals surface area contributed by atoms with Crippen molar-refractivity contribution in [1.82, 2.24) is 4.90 Å². The first-order valence-corrected chi connectivity index (χ1v) is 6.30. The van der Waals surface area contributed by atoms with E-state index in [0.29, 0.717) is 13.2 Å². The third-order valence-corrected chi connectivity index (χ3v) is 3.14. The van der Waals surface area contributed by atoms with Crippen molar-refractivity contribution >= 4 is 5.91 Å². The van der Waals surface area contributed by atoms with Gasteiger partial charge in [-0.1, -0.05) is 27.7 Å². The molecule has 0 spiro atoms. The van der Waals surface area contributed by atoms with Crippen LogP contribution in [0.1, 0.15) is 41.0 Å². The van der Waals surface area contributed by atoms with Crippen LogP contribution in [0.25, 0.3) is 0 Å².